The highest BCUT2D eigenvalue weighted by molar-refractivity contribution is 5.79. The number of fused-ring (bicyclic) bond motifs is 1. The first-order chi connectivity index (χ1) is 30.2. The Hall–Kier alpha value is -5.91. The van der Waals surface area contributed by atoms with Gasteiger partial charge in [0.25, 0.3) is 6.33 Å². The summed E-state index contributed by atoms with van der Waals surface area (Å²) < 4.78 is 14.0. The molecule has 0 N–H and O–H groups in total. The van der Waals surface area contributed by atoms with Gasteiger partial charge in [0, 0.05) is 29.0 Å². The normalized spacial score (nSPS) is 11.8. The average Bonchev–Trinajstić information content (AvgIpc) is 3.91. The summed E-state index contributed by atoms with van der Waals surface area (Å²) in [7, 11) is 0. The van der Waals surface area contributed by atoms with Crippen LogP contribution in [0.1, 0.15) is 152 Å². The number of aromatic nitrogens is 4. The number of nitrogens with zero attached hydrogens (tertiary/aromatic N) is 4. The van der Waals surface area contributed by atoms with E-state index in [0.717, 1.165) is 45.0 Å². The lowest BCUT2D eigenvalue weighted by molar-refractivity contribution is -0.569. The lowest BCUT2D eigenvalue weighted by atomic mass is 9.85. The Kier molecular flexibility index (Phi) is 13.7. The molecular formula is C58H65ClN4O. The Bertz CT molecular complexity index is 2830. The topological polar surface area (TPSA) is 35.9 Å². The first-order valence-corrected chi connectivity index (χ1v) is 23.1. The van der Waals surface area contributed by atoms with E-state index in [9.17, 15) is 0 Å². The Morgan fingerprint density at radius 2 is 1.02 bits per heavy atom. The van der Waals surface area contributed by atoms with Crippen molar-refractivity contribution in [1.29, 1.82) is 0 Å². The smallest absolute Gasteiger partial charge is 0.255 e. The van der Waals surface area contributed by atoms with E-state index in [-0.39, 0.29) is 12.4 Å². The molecule has 6 heteroatoms. The monoisotopic (exact) mass is 868 g/mol. The number of hydrogen-bond donors (Lipinski definition) is 0. The molecule has 8 aromatic rings. The predicted octanol–water partition coefficient (Wildman–Crippen LogP) is 13.0. The average molecular weight is 870 g/mol. The van der Waals surface area contributed by atoms with Crippen molar-refractivity contribution < 1.29 is 21.7 Å². The molecular weight excluding hydrogens is 804 g/mol. The van der Waals surface area contributed by atoms with Gasteiger partial charge in [-0.2, -0.15) is 9.13 Å². The number of ether oxygens (including phenoxy) is 1. The van der Waals surface area contributed by atoms with Crippen molar-refractivity contribution in [3.05, 3.63) is 174 Å². The molecule has 0 bridgehead atoms. The summed E-state index contributed by atoms with van der Waals surface area (Å²) >= 11 is 0. The van der Waals surface area contributed by atoms with Crippen molar-refractivity contribution in [2.24, 2.45) is 0 Å². The Morgan fingerprint density at radius 1 is 0.500 bits per heavy atom. The van der Waals surface area contributed by atoms with Crippen LogP contribution in [-0.4, -0.2) is 14.1 Å². The van der Waals surface area contributed by atoms with E-state index in [4.69, 9.17) is 9.72 Å². The van der Waals surface area contributed by atoms with E-state index >= 15 is 0 Å². The van der Waals surface area contributed by atoms with Gasteiger partial charge in [0.05, 0.1) is 17.7 Å². The number of hydrogen-bond acceptors (Lipinski definition) is 2. The second-order valence-corrected chi connectivity index (χ2v) is 19.2. The van der Waals surface area contributed by atoms with Crippen molar-refractivity contribution in [1.82, 2.24) is 14.1 Å². The SMILES string of the molecule is CC(C)c1cccc(C(C)C)c1-c1cc(Oc2cccc(-c3cn(-c4c(C(C)C)cccc4C(C)C)cn3)c2)cc(-n2c[n+](-c3c(C(C)C)cccc3C(C)C)c3ccccc32)c1.[Cl-]. The Labute approximate surface area is 388 Å². The molecule has 0 fully saturated rings. The van der Waals surface area contributed by atoms with Crippen molar-refractivity contribution in [3.63, 3.8) is 0 Å². The molecule has 2 heterocycles. The zero-order valence-electron chi connectivity index (χ0n) is 39.8. The van der Waals surface area contributed by atoms with Crippen molar-refractivity contribution in [2.75, 3.05) is 0 Å². The molecule has 0 aliphatic carbocycles. The predicted molar refractivity (Wildman–Crippen MR) is 264 cm³/mol. The maximum atomic E-state index is 7.01. The highest BCUT2D eigenvalue weighted by Gasteiger charge is 2.27. The summed E-state index contributed by atoms with van der Waals surface area (Å²) in [5.74, 6) is 3.70. The van der Waals surface area contributed by atoms with Gasteiger partial charge in [-0.25, -0.2) is 4.98 Å². The minimum absolute atomic E-state index is 0. The van der Waals surface area contributed by atoms with Crippen LogP contribution in [0.3, 0.4) is 0 Å². The molecule has 64 heavy (non-hydrogen) atoms. The third-order valence-electron chi connectivity index (χ3n) is 12.6. The third kappa shape index (κ3) is 8.93. The summed E-state index contributed by atoms with van der Waals surface area (Å²) in [4.78, 5) is 4.96. The lowest BCUT2D eigenvalue weighted by Crippen LogP contribution is -3.00. The van der Waals surface area contributed by atoms with Crippen LogP contribution in [0.5, 0.6) is 11.5 Å². The summed E-state index contributed by atoms with van der Waals surface area (Å²) in [5, 5.41) is 0. The molecule has 2 aromatic heterocycles. The number of imidazole rings is 2. The molecule has 0 aliphatic rings. The van der Waals surface area contributed by atoms with Crippen LogP contribution in [-0.2, 0) is 0 Å². The van der Waals surface area contributed by atoms with Crippen molar-refractivity contribution >= 4 is 11.0 Å². The van der Waals surface area contributed by atoms with Crippen LogP contribution in [0.2, 0.25) is 0 Å². The van der Waals surface area contributed by atoms with Gasteiger partial charge >= 0.3 is 0 Å². The molecule has 0 atom stereocenters. The summed E-state index contributed by atoms with van der Waals surface area (Å²) in [6.45, 7) is 27.4. The highest BCUT2D eigenvalue weighted by Crippen LogP contribution is 2.41. The minimum atomic E-state index is 0. The fourth-order valence-corrected chi connectivity index (χ4v) is 9.35. The molecule has 0 amide bonds. The van der Waals surface area contributed by atoms with Crippen LogP contribution < -0.4 is 21.7 Å². The Balaban J connectivity index is 0.00000612. The van der Waals surface area contributed by atoms with Crippen LogP contribution in [0, 0.1) is 0 Å². The second kappa shape index (κ2) is 19.1. The molecule has 8 rings (SSSR count). The molecule has 0 radical (unpaired) electrons. The fourth-order valence-electron chi connectivity index (χ4n) is 9.35. The number of benzene rings is 6. The highest BCUT2D eigenvalue weighted by atomic mass is 35.5. The first kappa shape index (κ1) is 46.1. The standard InChI is InChI=1S/C58H65N4O.ClH/c1-36(2)47-21-16-22-48(37(3)4)56(47)43-29-44(61-35-62(55-28-14-13-27-54(55)61)58-51(40(9)10)25-18-26-52(58)41(11)12)32-46(31-43)63-45-20-15-19-42(30-45)53-33-60(34-59-53)57-49(38(5)6)23-17-24-50(57)39(7)8;/h13-41H,1-12H3;1H/q+1;/p-1. The zero-order valence-corrected chi connectivity index (χ0v) is 40.6. The summed E-state index contributed by atoms with van der Waals surface area (Å²) in [6, 6.07) is 44.2. The van der Waals surface area contributed by atoms with Crippen LogP contribution in [0.25, 0.3) is 50.5 Å². The number of rotatable bonds is 13. The first-order valence-electron chi connectivity index (χ1n) is 23.1. The van der Waals surface area contributed by atoms with E-state index in [1.54, 1.807) is 0 Å². The molecule has 6 aromatic carbocycles. The maximum Gasteiger partial charge on any atom is 0.255 e. The van der Waals surface area contributed by atoms with E-state index in [2.05, 4.69) is 231 Å². The lowest BCUT2D eigenvalue weighted by Gasteiger charge is -2.21. The van der Waals surface area contributed by atoms with E-state index in [0.29, 0.717) is 35.5 Å². The van der Waals surface area contributed by atoms with Gasteiger partial charge in [-0.15, -0.1) is 0 Å². The molecule has 0 saturated carbocycles. The van der Waals surface area contributed by atoms with Crippen LogP contribution in [0.15, 0.2) is 140 Å². The van der Waals surface area contributed by atoms with Gasteiger partial charge in [0.15, 0.2) is 11.0 Å². The molecule has 330 valence electrons. The molecule has 0 aliphatic heterocycles. The second-order valence-electron chi connectivity index (χ2n) is 19.2. The zero-order chi connectivity index (χ0) is 44.7. The maximum absolute atomic E-state index is 7.01. The summed E-state index contributed by atoms with van der Waals surface area (Å²) in [5.41, 5.74) is 18.2. The summed E-state index contributed by atoms with van der Waals surface area (Å²) in [6.07, 6.45) is 6.41. The van der Waals surface area contributed by atoms with Crippen molar-refractivity contribution in [2.45, 2.75) is 119 Å². The van der Waals surface area contributed by atoms with E-state index < -0.39 is 0 Å². The van der Waals surface area contributed by atoms with Gasteiger partial charge in [0.1, 0.15) is 22.9 Å². The van der Waals surface area contributed by atoms with Crippen molar-refractivity contribution in [3.8, 4) is 50.9 Å². The van der Waals surface area contributed by atoms with E-state index in [1.165, 1.54) is 50.3 Å². The largest absolute Gasteiger partial charge is 1.00 e. The Morgan fingerprint density at radius 3 is 1.59 bits per heavy atom. The molecule has 0 unspecified atom stereocenters. The molecule has 0 spiro atoms. The molecule has 5 nitrogen and oxygen atoms in total. The number of halogens is 1. The van der Waals surface area contributed by atoms with E-state index in [1.807, 2.05) is 6.33 Å². The van der Waals surface area contributed by atoms with Gasteiger partial charge in [-0.05, 0) is 105 Å². The molecule has 0 saturated heterocycles. The number of para-hydroxylation sites is 4. The van der Waals surface area contributed by atoms with Gasteiger partial charge in [0.2, 0.25) is 0 Å². The fraction of sp³-hybridized carbons (Fsp3) is 0.310. The third-order valence-corrected chi connectivity index (χ3v) is 12.6. The van der Waals surface area contributed by atoms with Crippen LogP contribution >= 0.6 is 0 Å². The van der Waals surface area contributed by atoms with Crippen LogP contribution in [0.4, 0.5) is 0 Å². The quantitative estimate of drug-likeness (QED) is 0.108. The minimum Gasteiger partial charge on any atom is -1.00 e. The van der Waals surface area contributed by atoms with Gasteiger partial charge in [-0.3, -0.25) is 0 Å². The van der Waals surface area contributed by atoms with Gasteiger partial charge < -0.3 is 21.7 Å². The van der Waals surface area contributed by atoms with Gasteiger partial charge in [-0.1, -0.05) is 162 Å².